The van der Waals surface area contributed by atoms with Gasteiger partial charge in [-0.15, -0.1) is 0 Å². The summed E-state index contributed by atoms with van der Waals surface area (Å²) in [6.45, 7) is 6.89. The summed E-state index contributed by atoms with van der Waals surface area (Å²) in [6, 6.07) is 1.52. The van der Waals surface area contributed by atoms with Crippen LogP contribution in [0.4, 0.5) is 5.82 Å². The maximum Gasteiger partial charge on any atom is 0.250 e. The molecule has 0 aliphatic carbocycles. The van der Waals surface area contributed by atoms with Crippen LogP contribution >= 0.6 is 0 Å². The Bertz CT molecular complexity index is 745. The molecule has 2 aromatic heterocycles. The predicted octanol–water partition coefficient (Wildman–Crippen LogP) is 0.753. The number of aromatic nitrogens is 5. The molecule has 0 radical (unpaired) electrons. The third-order valence-corrected chi connectivity index (χ3v) is 4.33. The van der Waals surface area contributed by atoms with Crippen molar-refractivity contribution >= 4 is 11.7 Å². The van der Waals surface area contributed by atoms with Crippen molar-refractivity contribution in [2.24, 2.45) is 0 Å². The Morgan fingerprint density at radius 1 is 1.40 bits per heavy atom. The summed E-state index contributed by atoms with van der Waals surface area (Å²) < 4.78 is 7.17. The lowest BCUT2D eigenvalue weighted by Crippen LogP contribution is -2.52. The number of nitrogens with zero attached hydrogens (tertiary/aromatic N) is 6. The van der Waals surface area contributed by atoms with E-state index in [2.05, 4.69) is 25.4 Å². The molecule has 134 valence electrons. The zero-order valence-electron chi connectivity index (χ0n) is 14.9. The monoisotopic (exact) mass is 345 g/mol. The smallest absolute Gasteiger partial charge is 0.250 e. The summed E-state index contributed by atoms with van der Waals surface area (Å²) in [5.74, 6) is 1.23. The van der Waals surface area contributed by atoms with Gasteiger partial charge in [0.1, 0.15) is 30.1 Å². The molecule has 1 fully saturated rings. The maximum atomic E-state index is 13.3. The highest BCUT2D eigenvalue weighted by atomic mass is 16.5. The van der Waals surface area contributed by atoms with E-state index in [1.165, 1.54) is 6.33 Å². The first-order chi connectivity index (χ1) is 11.9. The lowest BCUT2D eigenvalue weighted by molar-refractivity contribution is -0.149. The lowest BCUT2D eigenvalue weighted by atomic mass is 10.0. The Balaban J connectivity index is 1.94. The van der Waals surface area contributed by atoms with Crippen molar-refractivity contribution in [1.29, 1.82) is 0 Å². The summed E-state index contributed by atoms with van der Waals surface area (Å²) in [7, 11) is 1.81. The number of rotatable bonds is 4. The van der Waals surface area contributed by atoms with Gasteiger partial charge < -0.3 is 15.0 Å². The molecular weight excluding hydrogens is 322 g/mol. The maximum absolute atomic E-state index is 13.3. The second-order valence-electron chi connectivity index (χ2n) is 6.49. The van der Waals surface area contributed by atoms with Crippen molar-refractivity contribution in [3.63, 3.8) is 0 Å². The summed E-state index contributed by atoms with van der Waals surface area (Å²) >= 11 is 0. The van der Waals surface area contributed by atoms with Crippen LogP contribution in [0.3, 0.4) is 0 Å². The van der Waals surface area contributed by atoms with E-state index < -0.39 is 5.54 Å². The number of carbonyl (C=O) groups is 1. The average Bonchev–Trinajstić information content (AvgIpc) is 3.16. The molecule has 0 saturated carbocycles. The molecule has 1 aliphatic rings. The fraction of sp³-hybridized carbons (Fsp3) is 0.562. The van der Waals surface area contributed by atoms with Crippen molar-refractivity contribution in [2.75, 3.05) is 32.1 Å². The second-order valence-corrected chi connectivity index (χ2v) is 6.49. The van der Waals surface area contributed by atoms with Crippen molar-refractivity contribution < 1.29 is 9.53 Å². The Morgan fingerprint density at radius 3 is 2.88 bits per heavy atom. The van der Waals surface area contributed by atoms with Crippen LogP contribution < -0.4 is 5.32 Å². The van der Waals surface area contributed by atoms with Gasteiger partial charge in [-0.1, -0.05) is 0 Å². The van der Waals surface area contributed by atoms with Gasteiger partial charge in [0.2, 0.25) is 0 Å². The third-order valence-electron chi connectivity index (χ3n) is 4.33. The third kappa shape index (κ3) is 3.32. The second kappa shape index (κ2) is 6.75. The molecule has 9 heteroatoms. The zero-order chi connectivity index (χ0) is 18.0. The van der Waals surface area contributed by atoms with Gasteiger partial charge in [0, 0.05) is 25.4 Å². The highest BCUT2D eigenvalue weighted by Crippen LogP contribution is 2.28. The minimum atomic E-state index is -0.859. The van der Waals surface area contributed by atoms with Gasteiger partial charge >= 0.3 is 0 Å². The molecule has 1 aliphatic heterocycles. The number of amides is 1. The first-order valence-corrected chi connectivity index (χ1v) is 8.20. The van der Waals surface area contributed by atoms with Gasteiger partial charge in [-0.05, 0) is 20.8 Å². The zero-order valence-corrected chi connectivity index (χ0v) is 14.9. The Labute approximate surface area is 146 Å². The van der Waals surface area contributed by atoms with E-state index in [1.54, 1.807) is 23.0 Å². The van der Waals surface area contributed by atoms with E-state index in [0.29, 0.717) is 25.6 Å². The van der Waals surface area contributed by atoms with E-state index in [-0.39, 0.29) is 11.9 Å². The van der Waals surface area contributed by atoms with Crippen molar-refractivity contribution in [3.05, 3.63) is 30.2 Å². The van der Waals surface area contributed by atoms with E-state index in [0.717, 1.165) is 11.5 Å². The number of anilines is 1. The van der Waals surface area contributed by atoms with Crippen LogP contribution in [0.25, 0.3) is 0 Å². The normalized spacial score (nSPS) is 18.2. The van der Waals surface area contributed by atoms with Crippen LogP contribution in [0, 0.1) is 6.92 Å². The molecule has 1 saturated heterocycles. The van der Waals surface area contributed by atoms with E-state index in [9.17, 15) is 4.79 Å². The quantitative estimate of drug-likeness (QED) is 0.873. The molecule has 9 nitrogen and oxygen atoms in total. The van der Waals surface area contributed by atoms with E-state index in [4.69, 9.17) is 4.74 Å². The molecule has 2 aromatic rings. The minimum absolute atomic E-state index is 0.0672. The van der Waals surface area contributed by atoms with E-state index >= 15 is 0 Å². The van der Waals surface area contributed by atoms with Crippen LogP contribution in [-0.2, 0) is 15.1 Å². The summed E-state index contributed by atoms with van der Waals surface area (Å²) in [4.78, 5) is 28.0. The van der Waals surface area contributed by atoms with Crippen molar-refractivity contribution in [1.82, 2.24) is 29.6 Å². The molecular formula is C16H23N7O2. The highest BCUT2D eigenvalue weighted by molar-refractivity contribution is 5.84. The first-order valence-electron chi connectivity index (χ1n) is 8.20. The van der Waals surface area contributed by atoms with Crippen molar-refractivity contribution in [3.8, 4) is 0 Å². The number of hydrogen-bond donors (Lipinski definition) is 1. The topological polar surface area (TPSA) is 98.1 Å². The fourth-order valence-corrected chi connectivity index (χ4v) is 2.88. The Hall–Kier alpha value is -2.55. The molecule has 0 bridgehead atoms. The van der Waals surface area contributed by atoms with Gasteiger partial charge in [-0.2, -0.15) is 5.10 Å². The summed E-state index contributed by atoms with van der Waals surface area (Å²) in [5.41, 5.74) is -0.0234. The molecule has 1 atom stereocenters. The van der Waals surface area contributed by atoms with Gasteiger partial charge in [-0.25, -0.2) is 19.6 Å². The molecule has 3 heterocycles. The minimum Gasteiger partial charge on any atom is -0.377 e. The highest BCUT2D eigenvalue weighted by Gasteiger charge is 2.40. The largest absolute Gasteiger partial charge is 0.377 e. The predicted molar refractivity (Wildman–Crippen MR) is 90.9 cm³/mol. The number of hydrogen-bond acceptors (Lipinski definition) is 7. The van der Waals surface area contributed by atoms with E-state index in [1.807, 2.05) is 26.8 Å². The fourth-order valence-electron chi connectivity index (χ4n) is 2.88. The number of nitrogens with one attached hydrogen (secondary N) is 1. The molecule has 1 N–H and O–H groups in total. The Morgan fingerprint density at radius 2 is 2.20 bits per heavy atom. The van der Waals surface area contributed by atoms with Crippen LogP contribution in [0.15, 0.2) is 18.7 Å². The van der Waals surface area contributed by atoms with Gasteiger partial charge in [0.25, 0.3) is 5.91 Å². The van der Waals surface area contributed by atoms with Crippen LogP contribution in [0.5, 0.6) is 0 Å². The van der Waals surface area contributed by atoms with Gasteiger partial charge in [0.05, 0.1) is 13.2 Å². The first kappa shape index (κ1) is 17.3. The molecule has 25 heavy (non-hydrogen) atoms. The molecule has 0 spiro atoms. The SMILES string of the molecule is CNc1cc(C)nc(C2COCCN2C(=O)C(C)(C)n2cncn2)n1. The number of carbonyl (C=O) groups excluding carboxylic acids is 1. The van der Waals surface area contributed by atoms with Crippen LogP contribution in [0.2, 0.25) is 0 Å². The molecule has 1 unspecified atom stereocenters. The van der Waals surface area contributed by atoms with Crippen molar-refractivity contribution in [2.45, 2.75) is 32.4 Å². The number of ether oxygens (including phenoxy) is 1. The summed E-state index contributed by atoms with van der Waals surface area (Å²) in [6.07, 6.45) is 2.98. The number of morpholine rings is 1. The Kier molecular flexibility index (Phi) is 4.67. The van der Waals surface area contributed by atoms with Crippen LogP contribution in [0.1, 0.15) is 31.4 Å². The average molecular weight is 345 g/mol. The molecule has 3 rings (SSSR count). The van der Waals surface area contributed by atoms with Gasteiger partial charge in [-0.3, -0.25) is 4.79 Å². The standard InChI is InChI=1S/C16H23N7O2/c1-11-7-13(17-4)21-14(20-11)12-8-25-6-5-22(12)15(24)16(2,3)23-10-18-9-19-23/h7,9-10,12H,5-6,8H2,1-4H3,(H,17,20,21). The lowest BCUT2D eigenvalue weighted by Gasteiger charge is -2.39. The number of aryl methyl sites for hydroxylation is 1. The molecule has 1 amide bonds. The summed E-state index contributed by atoms with van der Waals surface area (Å²) in [5, 5.41) is 7.15. The van der Waals surface area contributed by atoms with Gasteiger partial charge in [0.15, 0.2) is 5.82 Å². The van der Waals surface area contributed by atoms with Crippen LogP contribution in [-0.4, -0.2) is 62.3 Å². The molecule has 0 aromatic carbocycles.